The summed E-state index contributed by atoms with van der Waals surface area (Å²) in [5.74, 6) is 0.199. The summed E-state index contributed by atoms with van der Waals surface area (Å²) in [4.78, 5) is 11.5. The lowest BCUT2D eigenvalue weighted by Gasteiger charge is -2.18. The summed E-state index contributed by atoms with van der Waals surface area (Å²) in [6.45, 7) is 11.5. The van der Waals surface area contributed by atoms with Gasteiger partial charge in [0, 0.05) is 6.08 Å². The third kappa shape index (κ3) is 13.4. The molecule has 0 unspecified atom stereocenters. The van der Waals surface area contributed by atoms with Gasteiger partial charge in [-0.15, -0.1) is 6.58 Å². The molecule has 2 heteroatoms. The SMILES string of the molecule is C=CCCCCCCC[C@@H](C)/C=C/C(=O)OC(C)(C)C. The molecule has 0 fully saturated rings. The van der Waals surface area contributed by atoms with Gasteiger partial charge in [-0.2, -0.15) is 0 Å². The van der Waals surface area contributed by atoms with Gasteiger partial charge in [-0.05, 0) is 46.0 Å². The second-order valence-corrected chi connectivity index (χ2v) is 6.50. The van der Waals surface area contributed by atoms with E-state index in [9.17, 15) is 4.79 Å². The van der Waals surface area contributed by atoms with Crippen LogP contribution in [0.5, 0.6) is 0 Å². The molecule has 0 bridgehead atoms. The van der Waals surface area contributed by atoms with E-state index in [0.29, 0.717) is 5.92 Å². The highest BCUT2D eigenvalue weighted by atomic mass is 16.6. The zero-order valence-corrected chi connectivity index (χ0v) is 13.8. The Balaban J connectivity index is 3.64. The van der Waals surface area contributed by atoms with Crippen molar-refractivity contribution < 1.29 is 9.53 Å². The van der Waals surface area contributed by atoms with Gasteiger partial charge >= 0.3 is 5.97 Å². The molecule has 116 valence electrons. The minimum atomic E-state index is -0.407. The molecule has 1 atom stereocenters. The lowest BCUT2D eigenvalue weighted by Crippen LogP contribution is -2.22. The van der Waals surface area contributed by atoms with E-state index in [-0.39, 0.29) is 5.97 Å². The minimum Gasteiger partial charge on any atom is -0.457 e. The number of hydrogen-bond donors (Lipinski definition) is 0. The number of carbonyl (C=O) groups excluding carboxylic acids is 1. The van der Waals surface area contributed by atoms with E-state index in [0.717, 1.165) is 12.8 Å². The van der Waals surface area contributed by atoms with E-state index in [4.69, 9.17) is 4.74 Å². The van der Waals surface area contributed by atoms with Gasteiger partial charge in [0.2, 0.25) is 0 Å². The van der Waals surface area contributed by atoms with Crippen molar-refractivity contribution in [3.63, 3.8) is 0 Å². The van der Waals surface area contributed by atoms with E-state index >= 15 is 0 Å². The molecule has 0 aromatic carbocycles. The molecule has 0 N–H and O–H groups in total. The summed E-state index contributed by atoms with van der Waals surface area (Å²) < 4.78 is 5.23. The van der Waals surface area contributed by atoms with Gasteiger partial charge in [0.05, 0.1) is 0 Å². The highest BCUT2D eigenvalue weighted by molar-refractivity contribution is 5.82. The maximum atomic E-state index is 11.5. The first-order valence-corrected chi connectivity index (χ1v) is 7.87. The van der Waals surface area contributed by atoms with E-state index in [1.165, 1.54) is 32.1 Å². The van der Waals surface area contributed by atoms with Gasteiger partial charge in [-0.25, -0.2) is 4.79 Å². The van der Waals surface area contributed by atoms with Crippen LogP contribution in [0.3, 0.4) is 0 Å². The Hall–Kier alpha value is -1.05. The fourth-order valence-electron chi connectivity index (χ4n) is 1.96. The quantitative estimate of drug-likeness (QED) is 0.230. The number of ether oxygens (including phenoxy) is 1. The fraction of sp³-hybridized carbons (Fsp3) is 0.722. The summed E-state index contributed by atoms with van der Waals surface area (Å²) in [5, 5.41) is 0. The number of esters is 1. The van der Waals surface area contributed by atoms with Crippen molar-refractivity contribution in [3.8, 4) is 0 Å². The van der Waals surface area contributed by atoms with Crippen LogP contribution >= 0.6 is 0 Å². The molecular weight excluding hydrogens is 248 g/mol. The first kappa shape index (κ1) is 18.9. The van der Waals surface area contributed by atoms with Gasteiger partial charge in [-0.3, -0.25) is 0 Å². The molecule has 0 saturated carbocycles. The Kier molecular flexibility index (Phi) is 10.1. The summed E-state index contributed by atoms with van der Waals surface area (Å²) in [5.41, 5.74) is -0.407. The molecule has 0 spiro atoms. The standard InChI is InChI=1S/C18H32O2/c1-6-7-8-9-10-11-12-13-16(2)14-15-17(19)20-18(3,4)5/h6,14-16H,1,7-13H2,2-5H3/b15-14+/t16-/m1/s1. The topological polar surface area (TPSA) is 26.3 Å². The largest absolute Gasteiger partial charge is 0.457 e. The monoisotopic (exact) mass is 280 g/mol. The molecule has 0 aromatic rings. The van der Waals surface area contributed by atoms with E-state index < -0.39 is 5.60 Å². The molecule has 0 heterocycles. The van der Waals surface area contributed by atoms with Crippen molar-refractivity contribution in [2.24, 2.45) is 5.92 Å². The van der Waals surface area contributed by atoms with Gasteiger partial charge < -0.3 is 4.74 Å². The third-order valence-corrected chi connectivity index (χ3v) is 3.04. The highest BCUT2D eigenvalue weighted by Gasteiger charge is 2.13. The number of rotatable bonds is 10. The molecule has 0 aromatic heterocycles. The Bertz CT molecular complexity index is 297. The zero-order valence-electron chi connectivity index (χ0n) is 13.8. The van der Waals surface area contributed by atoms with Crippen LogP contribution in [0.25, 0.3) is 0 Å². The molecule has 2 nitrogen and oxygen atoms in total. The van der Waals surface area contributed by atoms with Crippen molar-refractivity contribution in [2.45, 2.75) is 78.2 Å². The average Bonchev–Trinajstić information content (AvgIpc) is 2.33. The second kappa shape index (κ2) is 10.7. The van der Waals surface area contributed by atoms with Crippen LogP contribution in [-0.2, 0) is 9.53 Å². The Morgan fingerprint density at radius 2 is 1.75 bits per heavy atom. The van der Waals surface area contributed by atoms with Crippen LogP contribution in [-0.4, -0.2) is 11.6 Å². The molecule has 0 aliphatic heterocycles. The maximum absolute atomic E-state index is 11.5. The molecule has 0 radical (unpaired) electrons. The van der Waals surface area contributed by atoms with E-state index in [1.54, 1.807) is 6.08 Å². The zero-order chi connectivity index (χ0) is 15.4. The molecule has 0 amide bonds. The maximum Gasteiger partial charge on any atom is 0.330 e. The lowest BCUT2D eigenvalue weighted by atomic mass is 10.0. The van der Waals surface area contributed by atoms with Crippen molar-refractivity contribution in [2.75, 3.05) is 0 Å². The number of hydrogen-bond acceptors (Lipinski definition) is 2. The van der Waals surface area contributed by atoms with Crippen LogP contribution in [0.2, 0.25) is 0 Å². The number of carbonyl (C=O) groups is 1. The lowest BCUT2D eigenvalue weighted by molar-refractivity contribution is -0.148. The predicted molar refractivity (Wildman–Crippen MR) is 86.7 cm³/mol. The van der Waals surface area contributed by atoms with Gasteiger partial charge in [0.25, 0.3) is 0 Å². The summed E-state index contributed by atoms with van der Waals surface area (Å²) in [6, 6.07) is 0. The van der Waals surface area contributed by atoms with E-state index in [2.05, 4.69) is 13.5 Å². The van der Waals surface area contributed by atoms with Crippen LogP contribution < -0.4 is 0 Å². The van der Waals surface area contributed by atoms with Crippen molar-refractivity contribution >= 4 is 5.97 Å². The number of unbranched alkanes of at least 4 members (excludes halogenated alkanes) is 5. The molecule has 20 heavy (non-hydrogen) atoms. The van der Waals surface area contributed by atoms with Gasteiger partial charge in [0.1, 0.15) is 5.60 Å². The summed E-state index contributed by atoms with van der Waals surface area (Å²) in [7, 11) is 0. The molecule has 0 aliphatic carbocycles. The summed E-state index contributed by atoms with van der Waals surface area (Å²) >= 11 is 0. The van der Waals surface area contributed by atoms with Crippen LogP contribution in [0.15, 0.2) is 24.8 Å². The number of allylic oxidation sites excluding steroid dienone is 2. The van der Waals surface area contributed by atoms with E-state index in [1.807, 2.05) is 32.9 Å². The third-order valence-electron chi connectivity index (χ3n) is 3.04. The van der Waals surface area contributed by atoms with Crippen molar-refractivity contribution in [1.82, 2.24) is 0 Å². The molecular formula is C18H32O2. The first-order chi connectivity index (χ1) is 9.35. The normalized spacial score (nSPS) is 13.4. The fourth-order valence-corrected chi connectivity index (χ4v) is 1.96. The van der Waals surface area contributed by atoms with Crippen LogP contribution in [0, 0.1) is 5.92 Å². The predicted octanol–water partition coefficient (Wildman–Crippen LogP) is 5.44. The average molecular weight is 280 g/mol. The van der Waals surface area contributed by atoms with Crippen LogP contribution in [0.4, 0.5) is 0 Å². The second-order valence-electron chi connectivity index (χ2n) is 6.50. The first-order valence-electron chi connectivity index (χ1n) is 7.87. The van der Waals surface area contributed by atoms with Crippen molar-refractivity contribution in [3.05, 3.63) is 24.8 Å². The van der Waals surface area contributed by atoms with Gasteiger partial charge in [-0.1, -0.05) is 44.8 Å². The highest BCUT2D eigenvalue weighted by Crippen LogP contribution is 2.14. The Morgan fingerprint density at radius 1 is 1.15 bits per heavy atom. The van der Waals surface area contributed by atoms with Gasteiger partial charge in [0.15, 0.2) is 0 Å². The Morgan fingerprint density at radius 3 is 2.35 bits per heavy atom. The minimum absolute atomic E-state index is 0.242. The molecule has 0 aliphatic rings. The smallest absolute Gasteiger partial charge is 0.330 e. The molecule has 0 saturated heterocycles. The Labute approximate surface area is 125 Å². The summed E-state index contributed by atoms with van der Waals surface area (Å²) in [6.07, 6.45) is 14.2. The molecule has 0 rings (SSSR count). The van der Waals surface area contributed by atoms with Crippen molar-refractivity contribution in [1.29, 1.82) is 0 Å². The van der Waals surface area contributed by atoms with Crippen LogP contribution in [0.1, 0.15) is 72.6 Å².